The van der Waals surface area contributed by atoms with Gasteiger partial charge >= 0.3 is 5.97 Å². The minimum atomic E-state index is -1.62. The number of amides is 9. The molecule has 65 heavy (non-hydrogen) atoms. The largest absolute Gasteiger partial charge is 0.480 e. The fourth-order valence-corrected chi connectivity index (χ4v) is 6.94. The van der Waals surface area contributed by atoms with Gasteiger partial charge in [-0.2, -0.15) is 0 Å². The summed E-state index contributed by atoms with van der Waals surface area (Å²) in [6, 6.07) is -10.8. The SMILES string of the molecule is CCC(C)C(NC(=O)C(C)NC(=O)C(C)NC(=O)C(CCC(N)=O)NC(=O)C(CC(C)C)NC(=O)C(N)C(C)C)C(=O)N1CCCC1C(=O)NC(CC(C)C)C(=O)NC(C(=O)O)C(C)O. The third-order valence-electron chi connectivity index (χ3n) is 11.2. The first-order chi connectivity index (χ1) is 30.1. The van der Waals surface area contributed by atoms with Crippen molar-refractivity contribution in [1.82, 2.24) is 42.1 Å². The monoisotopic (exact) mass is 925 g/mol. The van der Waals surface area contributed by atoms with Gasteiger partial charge in [-0.15, -0.1) is 0 Å². The molecule has 0 aromatic rings. The van der Waals surface area contributed by atoms with E-state index in [1.54, 1.807) is 41.5 Å². The van der Waals surface area contributed by atoms with Crippen LogP contribution in [0.4, 0.5) is 0 Å². The van der Waals surface area contributed by atoms with E-state index in [0.29, 0.717) is 12.8 Å². The van der Waals surface area contributed by atoms with E-state index in [1.807, 2.05) is 13.8 Å². The Kier molecular flexibility index (Phi) is 24.1. The third-order valence-corrected chi connectivity index (χ3v) is 11.2. The lowest BCUT2D eigenvalue weighted by molar-refractivity contribution is -0.146. The highest BCUT2D eigenvalue weighted by atomic mass is 16.4. The maximum atomic E-state index is 14.1. The van der Waals surface area contributed by atoms with Gasteiger partial charge in [-0.05, 0) is 76.5 Å². The van der Waals surface area contributed by atoms with Crippen LogP contribution in [0.2, 0.25) is 0 Å². The number of likely N-dealkylation sites (tertiary alicyclic amines) is 1. The van der Waals surface area contributed by atoms with E-state index in [1.165, 1.54) is 25.7 Å². The highest BCUT2D eigenvalue weighted by Crippen LogP contribution is 2.22. The van der Waals surface area contributed by atoms with Crippen molar-refractivity contribution in [2.75, 3.05) is 6.54 Å². The Labute approximate surface area is 382 Å². The zero-order chi connectivity index (χ0) is 50.0. The Morgan fingerprint density at radius 2 is 1.09 bits per heavy atom. The number of carboxylic acid groups (broad SMARTS) is 1. The van der Waals surface area contributed by atoms with Crippen molar-refractivity contribution >= 4 is 59.1 Å². The average molecular weight is 925 g/mol. The first-order valence-corrected chi connectivity index (χ1v) is 22.5. The summed E-state index contributed by atoms with van der Waals surface area (Å²) in [6.45, 7) is 18.3. The summed E-state index contributed by atoms with van der Waals surface area (Å²) < 4.78 is 0. The lowest BCUT2D eigenvalue weighted by Crippen LogP contribution is -2.60. The van der Waals surface area contributed by atoms with Crippen molar-refractivity contribution in [3.8, 4) is 0 Å². The van der Waals surface area contributed by atoms with Crippen molar-refractivity contribution in [2.24, 2.45) is 35.1 Å². The molecule has 9 amide bonds. The summed E-state index contributed by atoms with van der Waals surface area (Å²) >= 11 is 0. The van der Waals surface area contributed by atoms with Crippen molar-refractivity contribution in [1.29, 1.82) is 0 Å². The van der Waals surface area contributed by atoms with Crippen LogP contribution in [0.5, 0.6) is 0 Å². The van der Waals surface area contributed by atoms with Crippen molar-refractivity contribution in [2.45, 2.75) is 182 Å². The van der Waals surface area contributed by atoms with Crippen LogP contribution in [-0.4, -0.2) is 141 Å². The van der Waals surface area contributed by atoms with Gasteiger partial charge in [0.25, 0.3) is 0 Å². The van der Waals surface area contributed by atoms with Crippen LogP contribution in [0.25, 0.3) is 0 Å². The molecule has 0 aliphatic carbocycles. The van der Waals surface area contributed by atoms with Gasteiger partial charge in [0, 0.05) is 13.0 Å². The van der Waals surface area contributed by atoms with Gasteiger partial charge in [0.15, 0.2) is 6.04 Å². The van der Waals surface area contributed by atoms with Crippen molar-refractivity contribution < 1.29 is 58.2 Å². The van der Waals surface area contributed by atoms with E-state index in [0.717, 1.165) is 0 Å². The van der Waals surface area contributed by atoms with Crippen LogP contribution in [0, 0.1) is 23.7 Å². The fraction of sp³-hybridized carbons (Fsp3) is 0.767. The predicted molar refractivity (Wildman–Crippen MR) is 239 cm³/mol. The summed E-state index contributed by atoms with van der Waals surface area (Å²) in [7, 11) is 0. The van der Waals surface area contributed by atoms with Crippen LogP contribution in [0.3, 0.4) is 0 Å². The van der Waals surface area contributed by atoms with Crippen LogP contribution in [-0.2, 0) is 47.9 Å². The maximum Gasteiger partial charge on any atom is 0.328 e. The van der Waals surface area contributed by atoms with Crippen LogP contribution < -0.4 is 48.7 Å². The minimum Gasteiger partial charge on any atom is -0.480 e. The smallest absolute Gasteiger partial charge is 0.328 e. The third kappa shape index (κ3) is 18.9. The number of carbonyl (C=O) groups is 10. The van der Waals surface area contributed by atoms with Gasteiger partial charge in [-0.1, -0.05) is 61.8 Å². The van der Waals surface area contributed by atoms with Crippen molar-refractivity contribution in [3.63, 3.8) is 0 Å². The summed E-state index contributed by atoms with van der Waals surface area (Å²) in [4.78, 5) is 132. The number of rotatable bonds is 27. The summed E-state index contributed by atoms with van der Waals surface area (Å²) in [5.41, 5.74) is 11.3. The Balaban J connectivity index is 3.14. The number of primary amides is 1. The highest BCUT2D eigenvalue weighted by molar-refractivity contribution is 5.98. The van der Waals surface area contributed by atoms with Crippen LogP contribution in [0.15, 0.2) is 0 Å². The topological polar surface area (TPSA) is 351 Å². The highest BCUT2D eigenvalue weighted by Gasteiger charge is 2.41. The summed E-state index contributed by atoms with van der Waals surface area (Å²) in [5.74, 6) is -8.79. The molecule has 1 heterocycles. The number of hydrogen-bond acceptors (Lipinski definition) is 12. The number of carboxylic acids is 1. The van der Waals surface area contributed by atoms with E-state index in [4.69, 9.17) is 11.5 Å². The molecule has 0 radical (unpaired) electrons. The first kappa shape index (κ1) is 57.6. The minimum absolute atomic E-state index is 0.0566. The van der Waals surface area contributed by atoms with Gasteiger partial charge in [0.1, 0.15) is 42.3 Å². The quantitative estimate of drug-likeness (QED) is 0.0437. The van der Waals surface area contributed by atoms with Gasteiger partial charge in [0.2, 0.25) is 53.2 Å². The Morgan fingerprint density at radius 1 is 0.631 bits per heavy atom. The summed E-state index contributed by atoms with van der Waals surface area (Å²) in [6.07, 6.45) is -0.526. The molecule has 0 saturated carbocycles. The molecule has 1 aliphatic rings. The standard InChI is InChI=1S/C43H76N10O12/c1-12-23(8)33(42(63)53-17-13-14-30(53)40(61)49-29(19-21(4)5)39(60)52-34(26(11)54)43(64)65)51-36(57)25(10)46-35(56)24(9)47-37(58)27(15-16-31(44)55)48-38(59)28(18-20(2)3)50-41(62)32(45)22(6)7/h20-30,32-34,54H,12-19,45H2,1-11H3,(H2,44,55)(H,46,56)(H,47,58)(H,48,59)(H,49,61)(H,50,62)(H,51,57)(H,52,60)(H,64,65). The van der Waals surface area contributed by atoms with Gasteiger partial charge in [-0.3, -0.25) is 43.2 Å². The van der Waals surface area contributed by atoms with Crippen molar-refractivity contribution in [3.05, 3.63) is 0 Å². The van der Waals surface area contributed by atoms with Gasteiger partial charge < -0.3 is 63.8 Å². The zero-order valence-electron chi connectivity index (χ0n) is 39.8. The number of aliphatic hydroxyl groups excluding tert-OH is 1. The van der Waals surface area contributed by atoms with E-state index in [-0.39, 0.29) is 56.4 Å². The molecular weight excluding hydrogens is 849 g/mol. The lowest BCUT2D eigenvalue weighted by atomic mass is 9.96. The normalized spacial score (nSPS) is 18.4. The van der Waals surface area contributed by atoms with Crippen LogP contribution >= 0.6 is 0 Å². The number of aliphatic hydroxyl groups is 1. The lowest BCUT2D eigenvalue weighted by Gasteiger charge is -2.33. The Hall–Kier alpha value is -5.38. The second-order valence-electron chi connectivity index (χ2n) is 18.3. The molecule has 1 rings (SSSR count). The van der Waals surface area contributed by atoms with E-state index < -0.39 is 126 Å². The molecule has 0 spiro atoms. The molecule has 1 saturated heterocycles. The average Bonchev–Trinajstić information content (AvgIpc) is 3.71. The van der Waals surface area contributed by atoms with Gasteiger partial charge in [0.05, 0.1) is 12.1 Å². The van der Waals surface area contributed by atoms with Crippen LogP contribution in [0.1, 0.15) is 121 Å². The second kappa shape index (κ2) is 27.2. The molecule has 370 valence electrons. The maximum absolute atomic E-state index is 14.1. The van der Waals surface area contributed by atoms with E-state index in [2.05, 4.69) is 37.2 Å². The molecule has 11 atom stereocenters. The number of carbonyl (C=O) groups excluding carboxylic acids is 9. The molecular formula is C43H76N10O12. The fourth-order valence-electron chi connectivity index (χ4n) is 6.94. The Bertz CT molecular complexity index is 1690. The van der Waals surface area contributed by atoms with E-state index >= 15 is 0 Å². The first-order valence-electron chi connectivity index (χ1n) is 22.5. The molecule has 11 unspecified atom stereocenters. The number of nitrogens with two attached hydrogens (primary N) is 2. The number of nitrogens with one attached hydrogen (secondary N) is 7. The molecule has 0 aromatic carbocycles. The molecule has 1 aliphatic heterocycles. The zero-order valence-corrected chi connectivity index (χ0v) is 39.8. The molecule has 0 aromatic heterocycles. The Morgan fingerprint density at radius 3 is 1.57 bits per heavy atom. The molecule has 22 heteroatoms. The second-order valence-corrected chi connectivity index (χ2v) is 18.3. The van der Waals surface area contributed by atoms with Gasteiger partial charge in [-0.25, -0.2) is 4.79 Å². The summed E-state index contributed by atoms with van der Waals surface area (Å²) in [5, 5.41) is 37.1. The molecule has 0 bridgehead atoms. The molecule has 13 N–H and O–H groups in total. The molecule has 22 nitrogen and oxygen atoms in total. The van der Waals surface area contributed by atoms with E-state index in [9.17, 15) is 58.2 Å². The predicted octanol–water partition coefficient (Wildman–Crippen LogP) is -1.74. The number of hydrogen-bond donors (Lipinski definition) is 11. The molecule has 1 fully saturated rings. The number of aliphatic carboxylic acids is 1. The number of nitrogens with zero attached hydrogens (tertiary/aromatic N) is 1.